The van der Waals surface area contributed by atoms with Crippen LogP contribution in [-0.4, -0.2) is 21.6 Å². The zero-order valence-corrected chi connectivity index (χ0v) is 10.6. The maximum atomic E-state index is 9.54. The minimum atomic E-state index is 0.237. The van der Waals surface area contributed by atoms with E-state index in [-0.39, 0.29) is 5.75 Å². The second kappa shape index (κ2) is 4.65. The van der Waals surface area contributed by atoms with Crippen molar-refractivity contribution in [2.45, 2.75) is 6.42 Å². The van der Waals surface area contributed by atoms with Crippen molar-refractivity contribution in [1.82, 2.24) is 9.38 Å². The Bertz CT molecular complexity index is 702. The largest absolute Gasteiger partial charge is 0.506 e. The Labute approximate surface area is 110 Å². The van der Waals surface area contributed by atoms with E-state index in [0.717, 1.165) is 22.7 Å². The van der Waals surface area contributed by atoms with Gasteiger partial charge in [0.2, 0.25) is 0 Å². The van der Waals surface area contributed by atoms with Crippen molar-refractivity contribution in [2.24, 2.45) is 0 Å². The molecule has 0 bridgehead atoms. The molecule has 0 saturated carbocycles. The van der Waals surface area contributed by atoms with E-state index in [1.54, 1.807) is 25.6 Å². The summed E-state index contributed by atoms with van der Waals surface area (Å²) in [5.74, 6) is 1.98. The zero-order valence-electron chi connectivity index (χ0n) is 10.6. The molecule has 0 spiro atoms. The molecular formula is C15H14N2O2. The number of methoxy groups -OCH3 is 1. The summed E-state index contributed by atoms with van der Waals surface area (Å²) in [4.78, 5) is 4.39. The first kappa shape index (κ1) is 11.6. The van der Waals surface area contributed by atoms with Crippen LogP contribution in [0.3, 0.4) is 0 Å². The topological polar surface area (TPSA) is 46.8 Å². The van der Waals surface area contributed by atoms with Gasteiger partial charge in [0.15, 0.2) is 0 Å². The van der Waals surface area contributed by atoms with Crippen LogP contribution < -0.4 is 4.74 Å². The van der Waals surface area contributed by atoms with Gasteiger partial charge in [0.05, 0.1) is 25.0 Å². The predicted octanol–water partition coefficient (Wildman–Crippen LogP) is 2.64. The highest BCUT2D eigenvalue weighted by molar-refractivity contribution is 5.48. The molecule has 4 nitrogen and oxygen atoms in total. The molecule has 0 aliphatic heterocycles. The molecule has 0 amide bonds. The molecule has 4 heteroatoms. The molecule has 0 unspecified atom stereocenters. The maximum Gasteiger partial charge on any atom is 0.132 e. The van der Waals surface area contributed by atoms with Crippen molar-refractivity contribution in [3.63, 3.8) is 0 Å². The maximum absolute atomic E-state index is 9.54. The number of aromatic nitrogens is 2. The lowest BCUT2D eigenvalue weighted by atomic mass is 10.1. The second-order valence-corrected chi connectivity index (χ2v) is 4.38. The van der Waals surface area contributed by atoms with Gasteiger partial charge in [-0.2, -0.15) is 0 Å². The monoisotopic (exact) mass is 254 g/mol. The van der Waals surface area contributed by atoms with Crippen molar-refractivity contribution >= 4 is 5.52 Å². The lowest BCUT2D eigenvalue weighted by Crippen LogP contribution is -1.96. The van der Waals surface area contributed by atoms with Gasteiger partial charge in [-0.3, -0.25) is 4.40 Å². The Balaban J connectivity index is 1.93. The van der Waals surface area contributed by atoms with Gasteiger partial charge in [-0.05, 0) is 29.8 Å². The van der Waals surface area contributed by atoms with Crippen LogP contribution in [0.5, 0.6) is 11.5 Å². The van der Waals surface area contributed by atoms with Gasteiger partial charge in [-0.1, -0.05) is 12.1 Å². The highest BCUT2D eigenvalue weighted by Gasteiger charge is 2.05. The van der Waals surface area contributed by atoms with Crippen molar-refractivity contribution in [1.29, 1.82) is 0 Å². The van der Waals surface area contributed by atoms with Gasteiger partial charge in [0.25, 0.3) is 0 Å². The number of ether oxygens (including phenoxy) is 1. The molecule has 0 atom stereocenters. The number of hydrogen-bond donors (Lipinski definition) is 1. The summed E-state index contributed by atoms with van der Waals surface area (Å²) in [6.45, 7) is 0. The first-order chi connectivity index (χ1) is 9.26. The smallest absolute Gasteiger partial charge is 0.132 e. The molecule has 3 aromatic rings. The lowest BCUT2D eigenvalue weighted by Gasteiger charge is -2.04. The number of fused-ring (bicyclic) bond motifs is 1. The third-order valence-corrected chi connectivity index (χ3v) is 3.11. The average Bonchev–Trinajstić information content (AvgIpc) is 2.82. The summed E-state index contributed by atoms with van der Waals surface area (Å²) in [7, 11) is 1.65. The van der Waals surface area contributed by atoms with E-state index in [2.05, 4.69) is 4.98 Å². The van der Waals surface area contributed by atoms with Gasteiger partial charge < -0.3 is 9.84 Å². The van der Waals surface area contributed by atoms with Crippen LogP contribution >= 0.6 is 0 Å². The Morgan fingerprint density at radius 2 is 1.95 bits per heavy atom. The van der Waals surface area contributed by atoms with E-state index in [1.807, 2.05) is 34.7 Å². The van der Waals surface area contributed by atoms with E-state index in [4.69, 9.17) is 4.74 Å². The van der Waals surface area contributed by atoms with Crippen molar-refractivity contribution in [3.05, 3.63) is 60.2 Å². The summed E-state index contributed by atoms with van der Waals surface area (Å²) in [5, 5.41) is 9.54. The third-order valence-electron chi connectivity index (χ3n) is 3.11. The van der Waals surface area contributed by atoms with Gasteiger partial charge in [-0.25, -0.2) is 4.98 Å². The van der Waals surface area contributed by atoms with Crippen molar-refractivity contribution in [3.8, 4) is 11.5 Å². The molecule has 1 aromatic carbocycles. The highest BCUT2D eigenvalue weighted by Crippen LogP contribution is 2.17. The number of hydrogen-bond acceptors (Lipinski definition) is 3. The normalized spacial score (nSPS) is 10.8. The van der Waals surface area contributed by atoms with Crippen LogP contribution in [0.2, 0.25) is 0 Å². The minimum absolute atomic E-state index is 0.237. The van der Waals surface area contributed by atoms with Crippen LogP contribution in [0.25, 0.3) is 5.52 Å². The Morgan fingerprint density at radius 1 is 1.16 bits per heavy atom. The Morgan fingerprint density at radius 3 is 2.68 bits per heavy atom. The molecule has 2 heterocycles. The molecular weight excluding hydrogens is 240 g/mol. The molecule has 0 fully saturated rings. The lowest BCUT2D eigenvalue weighted by molar-refractivity contribution is 0.414. The van der Waals surface area contributed by atoms with Gasteiger partial charge >= 0.3 is 0 Å². The molecule has 3 rings (SSSR count). The van der Waals surface area contributed by atoms with E-state index in [9.17, 15) is 5.11 Å². The number of pyridine rings is 1. The fourth-order valence-electron chi connectivity index (χ4n) is 2.09. The van der Waals surface area contributed by atoms with Crippen LogP contribution in [0, 0.1) is 0 Å². The SMILES string of the molecule is COc1ccc(Cc2ncc3ccc(O)cn23)cc1. The first-order valence-electron chi connectivity index (χ1n) is 6.04. The average molecular weight is 254 g/mol. The van der Waals surface area contributed by atoms with Crippen LogP contribution in [0.4, 0.5) is 0 Å². The second-order valence-electron chi connectivity index (χ2n) is 4.38. The summed E-state index contributed by atoms with van der Waals surface area (Å²) in [6.07, 6.45) is 4.20. The Hall–Kier alpha value is -2.49. The van der Waals surface area contributed by atoms with E-state index >= 15 is 0 Å². The minimum Gasteiger partial charge on any atom is -0.506 e. The number of nitrogens with zero attached hydrogens (tertiary/aromatic N) is 2. The quantitative estimate of drug-likeness (QED) is 0.781. The Kier molecular flexibility index (Phi) is 2.83. The van der Waals surface area contributed by atoms with Gasteiger partial charge in [0, 0.05) is 6.42 Å². The fourth-order valence-corrected chi connectivity index (χ4v) is 2.09. The summed E-state index contributed by atoms with van der Waals surface area (Å²) < 4.78 is 7.04. The molecule has 0 radical (unpaired) electrons. The van der Waals surface area contributed by atoms with Crippen LogP contribution in [0.15, 0.2) is 48.8 Å². The van der Waals surface area contributed by atoms with Crippen molar-refractivity contribution < 1.29 is 9.84 Å². The molecule has 2 aromatic heterocycles. The predicted molar refractivity (Wildman–Crippen MR) is 72.7 cm³/mol. The van der Waals surface area contributed by atoms with Gasteiger partial charge in [0.1, 0.15) is 17.3 Å². The summed E-state index contributed by atoms with van der Waals surface area (Å²) in [6, 6.07) is 11.4. The molecule has 1 N–H and O–H groups in total. The van der Waals surface area contributed by atoms with E-state index < -0.39 is 0 Å². The highest BCUT2D eigenvalue weighted by atomic mass is 16.5. The van der Waals surface area contributed by atoms with Gasteiger partial charge in [-0.15, -0.1) is 0 Å². The standard InChI is InChI=1S/C15H14N2O2/c1-19-14-6-2-11(3-7-14)8-15-16-9-12-4-5-13(18)10-17(12)15/h2-7,9-10,18H,8H2,1H3. The molecule has 0 saturated heterocycles. The summed E-state index contributed by atoms with van der Waals surface area (Å²) >= 11 is 0. The van der Waals surface area contributed by atoms with E-state index in [1.165, 1.54) is 0 Å². The van der Waals surface area contributed by atoms with Crippen LogP contribution in [-0.2, 0) is 6.42 Å². The zero-order chi connectivity index (χ0) is 13.2. The van der Waals surface area contributed by atoms with Crippen LogP contribution in [0.1, 0.15) is 11.4 Å². The number of rotatable bonds is 3. The number of aromatic hydroxyl groups is 1. The molecule has 0 aliphatic carbocycles. The van der Waals surface area contributed by atoms with Crippen molar-refractivity contribution in [2.75, 3.05) is 7.11 Å². The number of benzene rings is 1. The molecule has 19 heavy (non-hydrogen) atoms. The molecule has 0 aliphatic rings. The number of imidazole rings is 1. The first-order valence-corrected chi connectivity index (χ1v) is 6.04. The molecule has 96 valence electrons. The fraction of sp³-hybridized carbons (Fsp3) is 0.133. The van der Waals surface area contributed by atoms with E-state index in [0.29, 0.717) is 6.42 Å². The summed E-state index contributed by atoms with van der Waals surface area (Å²) in [5.41, 5.74) is 2.12. The third kappa shape index (κ3) is 2.25.